The molecular weight excluding hydrogens is 232 g/mol. The van der Waals surface area contributed by atoms with Crippen LogP contribution in [0, 0.1) is 0 Å². The molecule has 1 aliphatic heterocycles. The zero-order valence-electron chi connectivity index (χ0n) is 10.5. The van der Waals surface area contributed by atoms with Gasteiger partial charge in [-0.2, -0.15) is 0 Å². The summed E-state index contributed by atoms with van der Waals surface area (Å²) in [5.41, 5.74) is 0.116. The summed E-state index contributed by atoms with van der Waals surface area (Å²) in [4.78, 5) is 0. The van der Waals surface area contributed by atoms with Crippen LogP contribution in [0.4, 0.5) is 0 Å². The summed E-state index contributed by atoms with van der Waals surface area (Å²) in [7, 11) is 1.68. The molecule has 0 spiro atoms. The van der Waals surface area contributed by atoms with E-state index in [-0.39, 0.29) is 6.10 Å². The van der Waals surface area contributed by atoms with E-state index in [0.29, 0.717) is 26.1 Å². The smallest absolute Gasteiger partial charge is 0.161 e. The first-order valence-electron chi connectivity index (χ1n) is 6.36. The summed E-state index contributed by atoms with van der Waals surface area (Å²) in [5, 5.41) is 10.5. The Bertz CT molecular complexity index is 437. The second-order valence-corrected chi connectivity index (χ2v) is 5.01. The van der Waals surface area contributed by atoms with Crippen molar-refractivity contribution in [2.24, 2.45) is 0 Å². The predicted molar refractivity (Wildman–Crippen MR) is 66.0 cm³/mol. The van der Waals surface area contributed by atoms with Gasteiger partial charge in [-0.05, 0) is 17.7 Å². The van der Waals surface area contributed by atoms with E-state index in [9.17, 15) is 5.11 Å². The van der Waals surface area contributed by atoms with E-state index < -0.39 is 5.60 Å². The van der Waals surface area contributed by atoms with Crippen molar-refractivity contribution in [2.75, 3.05) is 20.3 Å². The molecule has 4 heteroatoms. The Kier molecular flexibility index (Phi) is 2.92. The summed E-state index contributed by atoms with van der Waals surface area (Å²) in [5.74, 6) is 1.50. The van der Waals surface area contributed by atoms with Gasteiger partial charge in [-0.15, -0.1) is 0 Å². The molecule has 1 heterocycles. The SMILES string of the molecule is COC1CC(O)(c2ccc3c(c2)OCCCO3)C1. The van der Waals surface area contributed by atoms with Gasteiger partial charge in [0.1, 0.15) is 0 Å². The molecule has 0 amide bonds. The van der Waals surface area contributed by atoms with Crippen LogP contribution in [0.15, 0.2) is 18.2 Å². The molecule has 0 atom stereocenters. The standard InChI is InChI=1S/C14H18O4/c1-16-11-8-14(15,9-11)10-3-4-12-13(7-10)18-6-2-5-17-12/h3-4,7,11,15H,2,5-6,8-9H2,1H3. The maximum absolute atomic E-state index is 10.5. The lowest BCUT2D eigenvalue weighted by molar-refractivity contribution is -0.133. The number of benzene rings is 1. The number of rotatable bonds is 2. The van der Waals surface area contributed by atoms with Crippen molar-refractivity contribution in [1.29, 1.82) is 0 Å². The van der Waals surface area contributed by atoms with E-state index in [1.807, 2.05) is 18.2 Å². The molecule has 3 rings (SSSR count). The molecule has 0 radical (unpaired) electrons. The third-order valence-corrected chi connectivity index (χ3v) is 3.75. The summed E-state index contributed by atoms with van der Waals surface area (Å²) in [6, 6.07) is 5.69. The molecule has 1 fully saturated rings. The van der Waals surface area contributed by atoms with Gasteiger partial charge in [-0.25, -0.2) is 0 Å². The van der Waals surface area contributed by atoms with Gasteiger partial charge in [0.15, 0.2) is 11.5 Å². The minimum absolute atomic E-state index is 0.158. The predicted octanol–water partition coefficient (Wildman–Crippen LogP) is 1.84. The lowest BCUT2D eigenvalue weighted by atomic mass is 9.73. The maximum Gasteiger partial charge on any atom is 0.161 e. The zero-order chi connectivity index (χ0) is 12.6. The molecule has 98 valence electrons. The van der Waals surface area contributed by atoms with E-state index in [1.54, 1.807) is 7.11 Å². The fourth-order valence-electron chi connectivity index (χ4n) is 2.55. The van der Waals surface area contributed by atoms with Gasteiger partial charge in [0.25, 0.3) is 0 Å². The highest BCUT2D eigenvalue weighted by atomic mass is 16.5. The van der Waals surface area contributed by atoms with Crippen LogP contribution in [0.3, 0.4) is 0 Å². The molecule has 0 saturated heterocycles. The maximum atomic E-state index is 10.5. The van der Waals surface area contributed by atoms with E-state index in [2.05, 4.69) is 0 Å². The molecule has 1 aromatic rings. The fourth-order valence-corrected chi connectivity index (χ4v) is 2.55. The van der Waals surface area contributed by atoms with Gasteiger partial charge in [0, 0.05) is 26.4 Å². The zero-order valence-corrected chi connectivity index (χ0v) is 10.5. The highest BCUT2D eigenvalue weighted by Gasteiger charge is 2.44. The number of hydrogen-bond donors (Lipinski definition) is 1. The number of hydrogen-bond acceptors (Lipinski definition) is 4. The van der Waals surface area contributed by atoms with Crippen LogP contribution < -0.4 is 9.47 Å². The highest BCUT2D eigenvalue weighted by Crippen LogP contribution is 2.45. The Morgan fingerprint density at radius 3 is 2.67 bits per heavy atom. The van der Waals surface area contributed by atoms with Gasteiger partial charge >= 0.3 is 0 Å². The van der Waals surface area contributed by atoms with Crippen molar-refractivity contribution >= 4 is 0 Å². The van der Waals surface area contributed by atoms with Crippen LogP contribution in [0.1, 0.15) is 24.8 Å². The summed E-state index contributed by atoms with van der Waals surface area (Å²) in [6.07, 6.45) is 2.33. The van der Waals surface area contributed by atoms with Crippen LogP contribution in [0.25, 0.3) is 0 Å². The molecule has 4 nitrogen and oxygen atoms in total. The minimum atomic E-state index is -0.772. The normalized spacial score (nSPS) is 30.4. The van der Waals surface area contributed by atoms with E-state index in [0.717, 1.165) is 23.5 Å². The van der Waals surface area contributed by atoms with Crippen LogP contribution in [0.5, 0.6) is 11.5 Å². The topological polar surface area (TPSA) is 47.9 Å². The Hall–Kier alpha value is -1.26. The molecule has 1 saturated carbocycles. The van der Waals surface area contributed by atoms with Crippen molar-refractivity contribution in [1.82, 2.24) is 0 Å². The number of aliphatic hydroxyl groups is 1. The van der Waals surface area contributed by atoms with E-state index in [1.165, 1.54) is 0 Å². The van der Waals surface area contributed by atoms with E-state index >= 15 is 0 Å². The molecular formula is C14H18O4. The largest absolute Gasteiger partial charge is 0.490 e. The first kappa shape index (κ1) is 11.8. The van der Waals surface area contributed by atoms with Crippen molar-refractivity contribution in [3.63, 3.8) is 0 Å². The average molecular weight is 250 g/mol. The third kappa shape index (κ3) is 1.95. The van der Waals surface area contributed by atoms with Gasteiger partial charge in [0.2, 0.25) is 0 Å². The summed E-state index contributed by atoms with van der Waals surface area (Å²) < 4.78 is 16.4. The molecule has 0 bridgehead atoms. The summed E-state index contributed by atoms with van der Waals surface area (Å²) in [6.45, 7) is 1.35. The summed E-state index contributed by atoms with van der Waals surface area (Å²) >= 11 is 0. The lowest BCUT2D eigenvalue weighted by Gasteiger charge is -2.43. The highest BCUT2D eigenvalue weighted by molar-refractivity contribution is 5.45. The lowest BCUT2D eigenvalue weighted by Crippen LogP contribution is -2.45. The van der Waals surface area contributed by atoms with Crippen LogP contribution >= 0.6 is 0 Å². The first-order chi connectivity index (χ1) is 8.71. The molecule has 1 aromatic carbocycles. The van der Waals surface area contributed by atoms with Gasteiger partial charge < -0.3 is 19.3 Å². The Morgan fingerprint density at radius 1 is 1.22 bits per heavy atom. The number of fused-ring (bicyclic) bond motifs is 1. The average Bonchev–Trinajstić information content (AvgIpc) is 2.59. The molecule has 0 unspecified atom stereocenters. The van der Waals surface area contributed by atoms with Crippen molar-refractivity contribution < 1.29 is 19.3 Å². The van der Waals surface area contributed by atoms with Crippen molar-refractivity contribution in [3.05, 3.63) is 23.8 Å². The Morgan fingerprint density at radius 2 is 1.94 bits per heavy atom. The van der Waals surface area contributed by atoms with Crippen LogP contribution in [-0.2, 0) is 10.3 Å². The Balaban J connectivity index is 1.84. The van der Waals surface area contributed by atoms with Gasteiger partial charge in [0.05, 0.1) is 24.9 Å². The monoisotopic (exact) mass is 250 g/mol. The van der Waals surface area contributed by atoms with E-state index in [4.69, 9.17) is 14.2 Å². The van der Waals surface area contributed by atoms with Crippen molar-refractivity contribution in [3.8, 4) is 11.5 Å². The second kappa shape index (κ2) is 4.44. The molecule has 2 aliphatic rings. The minimum Gasteiger partial charge on any atom is -0.490 e. The fraction of sp³-hybridized carbons (Fsp3) is 0.571. The number of methoxy groups -OCH3 is 1. The van der Waals surface area contributed by atoms with Gasteiger partial charge in [-0.3, -0.25) is 0 Å². The van der Waals surface area contributed by atoms with Crippen LogP contribution in [0.2, 0.25) is 0 Å². The Labute approximate surface area is 106 Å². The molecule has 1 aliphatic carbocycles. The molecule has 0 aromatic heterocycles. The third-order valence-electron chi connectivity index (χ3n) is 3.75. The quantitative estimate of drug-likeness (QED) is 0.870. The van der Waals surface area contributed by atoms with Crippen LogP contribution in [-0.4, -0.2) is 31.5 Å². The van der Waals surface area contributed by atoms with Crippen molar-refractivity contribution in [2.45, 2.75) is 31.0 Å². The number of ether oxygens (including phenoxy) is 3. The molecule has 18 heavy (non-hydrogen) atoms. The first-order valence-corrected chi connectivity index (χ1v) is 6.36. The molecule has 1 N–H and O–H groups in total. The second-order valence-electron chi connectivity index (χ2n) is 5.01. The van der Waals surface area contributed by atoms with Gasteiger partial charge in [-0.1, -0.05) is 6.07 Å².